The summed E-state index contributed by atoms with van der Waals surface area (Å²) in [6.07, 6.45) is 7.25. The summed E-state index contributed by atoms with van der Waals surface area (Å²) in [6, 6.07) is 0. The van der Waals surface area contributed by atoms with Crippen molar-refractivity contribution in [3.63, 3.8) is 0 Å². The van der Waals surface area contributed by atoms with E-state index in [2.05, 4.69) is 12.2 Å². The number of nitrogens with one attached hydrogen (secondary N) is 1. The van der Waals surface area contributed by atoms with Crippen molar-refractivity contribution in [2.75, 3.05) is 20.2 Å². The van der Waals surface area contributed by atoms with Crippen LogP contribution in [0.5, 0.6) is 0 Å². The first kappa shape index (κ1) is 11.0. The minimum absolute atomic E-state index is 0.548. The van der Waals surface area contributed by atoms with Crippen molar-refractivity contribution in [3.05, 3.63) is 0 Å². The van der Waals surface area contributed by atoms with Crippen molar-refractivity contribution in [1.82, 2.24) is 5.32 Å². The van der Waals surface area contributed by atoms with Gasteiger partial charge in [-0.3, -0.25) is 0 Å². The summed E-state index contributed by atoms with van der Waals surface area (Å²) < 4.78 is 5.86. The molecule has 0 amide bonds. The zero-order chi connectivity index (χ0) is 9.52. The van der Waals surface area contributed by atoms with Gasteiger partial charge in [0.05, 0.1) is 12.7 Å². The summed E-state index contributed by atoms with van der Waals surface area (Å²) in [7, 11) is 1.97. The van der Waals surface area contributed by atoms with E-state index >= 15 is 0 Å². The molecule has 0 aliphatic heterocycles. The molecule has 13 heavy (non-hydrogen) atoms. The van der Waals surface area contributed by atoms with Gasteiger partial charge >= 0.3 is 0 Å². The third-order valence-electron chi connectivity index (χ3n) is 3.05. The average Bonchev–Trinajstić information content (AvgIpc) is 2.19. The summed E-state index contributed by atoms with van der Waals surface area (Å²) in [5, 5.41) is 3.12. The molecule has 78 valence electrons. The van der Waals surface area contributed by atoms with Crippen LogP contribution in [-0.2, 0) is 4.74 Å². The van der Waals surface area contributed by atoms with E-state index in [4.69, 9.17) is 4.74 Å². The summed E-state index contributed by atoms with van der Waals surface area (Å²) in [5.74, 6) is 0.825. The van der Waals surface area contributed by atoms with Crippen LogP contribution in [0.15, 0.2) is 0 Å². The number of hydrogen-bond donors (Lipinski definition) is 1. The van der Waals surface area contributed by atoms with Crippen molar-refractivity contribution in [2.24, 2.45) is 5.92 Å². The van der Waals surface area contributed by atoms with E-state index in [-0.39, 0.29) is 0 Å². The predicted molar refractivity (Wildman–Crippen MR) is 55.9 cm³/mol. The van der Waals surface area contributed by atoms with Crippen LogP contribution in [0.1, 0.15) is 39.0 Å². The van der Waals surface area contributed by atoms with Gasteiger partial charge in [0, 0.05) is 6.54 Å². The van der Waals surface area contributed by atoms with Gasteiger partial charge in [0.25, 0.3) is 0 Å². The lowest BCUT2D eigenvalue weighted by Gasteiger charge is -2.30. The van der Waals surface area contributed by atoms with E-state index in [9.17, 15) is 0 Å². The van der Waals surface area contributed by atoms with Gasteiger partial charge in [-0.05, 0) is 25.8 Å². The molecule has 2 heteroatoms. The van der Waals surface area contributed by atoms with Crippen LogP contribution in [-0.4, -0.2) is 26.3 Å². The monoisotopic (exact) mass is 185 g/mol. The highest BCUT2D eigenvalue weighted by Crippen LogP contribution is 2.28. The van der Waals surface area contributed by atoms with Gasteiger partial charge in [0.15, 0.2) is 0 Å². The zero-order valence-electron chi connectivity index (χ0n) is 9.01. The molecule has 0 heterocycles. The summed E-state index contributed by atoms with van der Waals surface area (Å²) in [5.41, 5.74) is 0. The van der Waals surface area contributed by atoms with Crippen LogP contribution in [0.2, 0.25) is 0 Å². The number of likely N-dealkylation sites (N-methyl/N-ethyl adjacent to an activating group) is 1. The quantitative estimate of drug-likeness (QED) is 0.663. The van der Waals surface area contributed by atoms with Crippen molar-refractivity contribution in [1.29, 1.82) is 0 Å². The molecule has 0 radical (unpaired) electrons. The minimum atomic E-state index is 0.548. The molecule has 1 N–H and O–H groups in total. The van der Waals surface area contributed by atoms with Gasteiger partial charge in [-0.25, -0.2) is 0 Å². The Kier molecular flexibility index (Phi) is 5.40. The molecule has 0 aromatic heterocycles. The van der Waals surface area contributed by atoms with Gasteiger partial charge in [-0.2, -0.15) is 0 Å². The highest BCUT2D eigenvalue weighted by molar-refractivity contribution is 4.74. The largest absolute Gasteiger partial charge is 0.377 e. The maximum atomic E-state index is 5.86. The predicted octanol–water partition coefficient (Wildman–Crippen LogP) is 2.19. The number of rotatable bonds is 5. The fourth-order valence-corrected chi connectivity index (χ4v) is 2.17. The molecule has 1 aliphatic carbocycles. The zero-order valence-corrected chi connectivity index (χ0v) is 9.01. The molecule has 0 saturated heterocycles. The van der Waals surface area contributed by atoms with Gasteiger partial charge < -0.3 is 10.1 Å². The second-order valence-electron chi connectivity index (χ2n) is 3.97. The van der Waals surface area contributed by atoms with Crippen molar-refractivity contribution in [2.45, 2.75) is 45.1 Å². The highest BCUT2D eigenvalue weighted by atomic mass is 16.5. The first-order valence-corrected chi connectivity index (χ1v) is 5.64. The Hall–Kier alpha value is -0.0800. The van der Waals surface area contributed by atoms with Crippen LogP contribution < -0.4 is 5.32 Å². The van der Waals surface area contributed by atoms with Gasteiger partial charge in [-0.15, -0.1) is 0 Å². The number of ether oxygens (including phenoxy) is 1. The van der Waals surface area contributed by atoms with E-state index in [1.807, 2.05) is 7.05 Å². The molecule has 0 aromatic rings. The Morgan fingerprint density at radius 1 is 1.31 bits per heavy atom. The summed E-state index contributed by atoms with van der Waals surface area (Å²) in [4.78, 5) is 0. The smallest absolute Gasteiger partial charge is 0.0603 e. The molecular weight excluding hydrogens is 162 g/mol. The molecule has 0 spiro atoms. The average molecular weight is 185 g/mol. The maximum Gasteiger partial charge on any atom is 0.0603 e. The SMILES string of the molecule is CCC1CCCCC1OCCNC. The first-order valence-electron chi connectivity index (χ1n) is 5.64. The second-order valence-corrected chi connectivity index (χ2v) is 3.97. The molecule has 2 unspecified atom stereocenters. The van der Waals surface area contributed by atoms with E-state index in [1.54, 1.807) is 0 Å². The minimum Gasteiger partial charge on any atom is -0.377 e. The van der Waals surface area contributed by atoms with Crippen LogP contribution in [0.3, 0.4) is 0 Å². The molecule has 0 aromatic carbocycles. The van der Waals surface area contributed by atoms with E-state index in [0.717, 1.165) is 19.1 Å². The lowest BCUT2D eigenvalue weighted by molar-refractivity contribution is -0.00975. The molecule has 1 saturated carbocycles. The molecule has 2 nitrogen and oxygen atoms in total. The molecule has 1 fully saturated rings. The Morgan fingerprint density at radius 2 is 2.08 bits per heavy atom. The highest BCUT2D eigenvalue weighted by Gasteiger charge is 2.23. The van der Waals surface area contributed by atoms with Gasteiger partial charge in [-0.1, -0.05) is 26.2 Å². The summed E-state index contributed by atoms with van der Waals surface area (Å²) in [6.45, 7) is 4.13. The van der Waals surface area contributed by atoms with E-state index in [1.165, 1.54) is 32.1 Å². The van der Waals surface area contributed by atoms with Crippen LogP contribution in [0, 0.1) is 5.92 Å². The lowest BCUT2D eigenvalue weighted by Crippen LogP contribution is -2.29. The van der Waals surface area contributed by atoms with Crippen molar-refractivity contribution >= 4 is 0 Å². The Labute approximate surface area is 82.0 Å². The molecule has 1 rings (SSSR count). The van der Waals surface area contributed by atoms with Crippen LogP contribution in [0.25, 0.3) is 0 Å². The Morgan fingerprint density at radius 3 is 2.77 bits per heavy atom. The van der Waals surface area contributed by atoms with Gasteiger partial charge in [0.1, 0.15) is 0 Å². The topological polar surface area (TPSA) is 21.3 Å². The molecule has 1 aliphatic rings. The fourth-order valence-electron chi connectivity index (χ4n) is 2.17. The summed E-state index contributed by atoms with van der Waals surface area (Å²) >= 11 is 0. The molecular formula is C11H23NO. The molecule has 0 bridgehead atoms. The lowest BCUT2D eigenvalue weighted by atomic mass is 9.85. The maximum absolute atomic E-state index is 5.86. The Bertz CT molecular complexity index is 127. The van der Waals surface area contributed by atoms with Crippen molar-refractivity contribution in [3.8, 4) is 0 Å². The standard InChI is InChI=1S/C11H23NO/c1-3-10-6-4-5-7-11(10)13-9-8-12-2/h10-12H,3-9H2,1-2H3. The fraction of sp³-hybridized carbons (Fsp3) is 1.00. The first-order chi connectivity index (χ1) is 6.38. The van der Waals surface area contributed by atoms with Crippen LogP contribution in [0.4, 0.5) is 0 Å². The Balaban J connectivity index is 2.19. The van der Waals surface area contributed by atoms with E-state index < -0.39 is 0 Å². The third kappa shape index (κ3) is 3.65. The third-order valence-corrected chi connectivity index (χ3v) is 3.05. The normalized spacial score (nSPS) is 29.1. The number of hydrogen-bond acceptors (Lipinski definition) is 2. The molecule has 2 atom stereocenters. The van der Waals surface area contributed by atoms with E-state index in [0.29, 0.717) is 6.10 Å². The van der Waals surface area contributed by atoms with Gasteiger partial charge in [0.2, 0.25) is 0 Å². The second kappa shape index (κ2) is 6.39. The van der Waals surface area contributed by atoms with Crippen molar-refractivity contribution < 1.29 is 4.74 Å². The van der Waals surface area contributed by atoms with Crippen LogP contribution >= 0.6 is 0 Å².